The van der Waals surface area contributed by atoms with Crippen molar-refractivity contribution in [2.45, 2.75) is 20.0 Å². The van der Waals surface area contributed by atoms with Crippen LogP contribution in [0.25, 0.3) is 0 Å². The molecule has 4 heteroatoms. The first-order valence-electron chi connectivity index (χ1n) is 5.04. The summed E-state index contributed by atoms with van der Waals surface area (Å²) in [5, 5.41) is 8.86. The number of ether oxygens (including phenoxy) is 2. The Bertz CT molecular complexity index is 373. The van der Waals surface area contributed by atoms with Crippen molar-refractivity contribution in [3.05, 3.63) is 29.3 Å². The van der Waals surface area contributed by atoms with Crippen molar-refractivity contribution in [1.29, 1.82) is 0 Å². The van der Waals surface area contributed by atoms with Gasteiger partial charge < -0.3 is 14.6 Å². The van der Waals surface area contributed by atoms with Gasteiger partial charge in [0.2, 0.25) is 0 Å². The lowest BCUT2D eigenvalue weighted by atomic mass is 10.1. The van der Waals surface area contributed by atoms with Gasteiger partial charge >= 0.3 is 5.97 Å². The van der Waals surface area contributed by atoms with Gasteiger partial charge in [0.1, 0.15) is 11.9 Å². The van der Waals surface area contributed by atoms with Gasteiger partial charge in [-0.3, -0.25) is 0 Å². The molecule has 0 amide bonds. The Balaban J connectivity index is 2.85. The zero-order chi connectivity index (χ0) is 12.1. The number of aromatic carboxylic acids is 1. The molecule has 0 heterocycles. The first-order chi connectivity index (χ1) is 7.54. The highest BCUT2D eigenvalue weighted by Gasteiger charge is 2.09. The summed E-state index contributed by atoms with van der Waals surface area (Å²) in [4.78, 5) is 10.8. The van der Waals surface area contributed by atoms with Gasteiger partial charge in [-0.1, -0.05) is 6.07 Å². The van der Waals surface area contributed by atoms with Crippen LogP contribution in [0.2, 0.25) is 0 Å². The van der Waals surface area contributed by atoms with Gasteiger partial charge in [-0.15, -0.1) is 0 Å². The van der Waals surface area contributed by atoms with Gasteiger partial charge in [0, 0.05) is 7.11 Å². The summed E-state index contributed by atoms with van der Waals surface area (Å²) in [6, 6.07) is 4.83. The fourth-order valence-corrected chi connectivity index (χ4v) is 1.35. The minimum absolute atomic E-state index is 0.104. The van der Waals surface area contributed by atoms with Gasteiger partial charge in [0.25, 0.3) is 0 Å². The first-order valence-corrected chi connectivity index (χ1v) is 5.04. The van der Waals surface area contributed by atoms with Crippen molar-refractivity contribution >= 4 is 5.97 Å². The molecule has 0 saturated carbocycles. The topological polar surface area (TPSA) is 55.8 Å². The van der Waals surface area contributed by atoms with Crippen molar-refractivity contribution in [3.63, 3.8) is 0 Å². The average molecular weight is 224 g/mol. The van der Waals surface area contributed by atoms with Crippen LogP contribution in [0.3, 0.4) is 0 Å². The van der Waals surface area contributed by atoms with Crippen molar-refractivity contribution in [1.82, 2.24) is 0 Å². The fourth-order valence-electron chi connectivity index (χ4n) is 1.35. The number of carbonyl (C=O) groups is 1. The van der Waals surface area contributed by atoms with Crippen LogP contribution in [-0.4, -0.2) is 30.9 Å². The standard InChI is InChI=1S/C12H16O4/c1-8-4-5-10(12(13)14)6-11(8)16-9(2)7-15-3/h4-6,9H,7H2,1-3H3,(H,13,14). The van der Waals surface area contributed by atoms with E-state index in [-0.39, 0.29) is 11.7 Å². The molecule has 1 atom stereocenters. The van der Waals surface area contributed by atoms with Gasteiger partial charge in [0.05, 0.1) is 12.2 Å². The van der Waals surface area contributed by atoms with E-state index < -0.39 is 5.97 Å². The molecule has 1 aromatic carbocycles. The summed E-state index contributed by atoms with van der Waals surface area (Å²) in [6.45, 7) is 4.22. The Hall–Kier alpha value is -1.55. The van der Waals surface area contributed by atoms with E-state index in [9.17, 15) is 4.79 Å². The molecule has 0 radical (unpaired) electrons. The average Bonchev–Trinajstić information content (AvgIpc) is 2.21. The third-order valence-corrected chi connectivity index (χ3v) is 2.16. The molecular formula is C12H16O4. The number of hydrogen-bond donors (Lipinski definition) is 1. The molecule has 1 aromatic rings. The third kappa shape index (κ3) is 3.24. The largest absolute Gasteiger partial charge is 0.488 e. The molecule has 16 heavy (non-hydrogen) atoms. The van der Waals surface area contributed by atoms with Crippen LogP contribution in [0.5, 0.6) is 5.75 Å². The SMILES string of the molecule is COCC(C)Oc1cc(C(=O)O)ccc1C. The minimum Gasteiger partial charge on any atom is -0.488 e. The molecule has 0 spiro atoms. The van der Waals surface area contributed by atoms with E-state index in [4.69, 9.17) is 14.6 Å². The zero-order valence-corrected chi connectivity index (χ0v) is 9.69. The predicted molar refractivity (Wildman–Crippen MR) is 60.1 cm³/mol. The van der Waals surface area contributed by atoms with Crippen LogP contribution < -0.4 is 4.74 Å². The lowest BCUT2D eigenvalue weighted by molar-refractivity contribution is 0.0694. The van der Waals surface area contributed by atoms with E-state index in [1.165, 1.54) is 6.07 Å². The number of carboxylic acids is 1. The van der Waals surface area contributed by atoms with Crippen molar-refractivity contribution in [2.75, 3.05) is 13.7 Å². The Morgan fingerprint density at radius 2 is 2.19 bits per heavy atom. The van der Waals surface area contributed by atoms with E-state index in [2.05, 4.69) is 0 Å². The quantitative estimate of drug-likeness (QED) is 0.832. The molecular weight excluding hydrogens is 208 g/mol. The summed E-state index contributed by atoms with van der Waals surface area (Å²) in [5.41, 5.74) is 1.14. The highest BCUT2D eigenvalue weighted by Crippen LogP contribution is 2.20. The van der Waals surface area contributed by atoms with Gasteiger partial charge in [-0.25, -0.2) is 4.79 Å². The maximum atomic E-state index is 10.8. The van der Waals surface area contributed by atoms with Crippen molar-refractivity contribution in [3.8, 4) is 5.75 Å². The number of rotatable bonds is 5. The number of hydrogen-bond acceptors (Lipinski definition) is 3. The van der Waals surface area contributed by atoms with E-state index in [1.807, 2.05) is 13.8 Å². The van der Waals surface area contributed by atoms with Crippen LogP contribution in [0.15, 0.2) is 18.2 Å². The van der Waals surface area contributed by atoms with Crippen LogP contribution >= 0.6 is 0 Å². The molecule has 0 bridgehead atoms. The summed E-state index contributed by atoms with van der Waals surface area (Å²) < 4.78 is 10.5. The molecule has 0 saturated heterocycles. The van der Waals surface area contributed by atoms with E-state index in [1.54, 1.807) is 19.2 Å². The molecule has 0 fully saturated rings. The number of methoxy groups -OCH3 is 1. The third-order valence-electron chi connectivity index (χ3n) is 2.16. The normalized spacial score (nSPS) is 12.2. The second kappa shape index (κ2) is 5.51. The molecule has 1 unspecified atom stereocenters. The van der Waals surface area contributed by atoms with Crippen molar-refractivity contribution in [2.24, 2.45) is 0 Å². The number of aryl methyl sites for hydroxylation is 1. The summed E-state index contributed by atoms with van der Waals surface area (Å²) in [7, 11) is 1.60. The van der Waals surface area contributed by atoms with Gasteiger partial charge in [-0.2, -0.15) is 0 Å². The second-order valence-electron chi connectivity index (χ2n) is 3.67. The van der Waals surface area contributed by atoms with Crippen LogP contribution in [0.4, 0.5) is 0 Å². The Morgan fingerprint density at radius 1 is 1.50 bits per heavy atom. The first kappa shape index (κ1) is 12.5. The van der Waals surface area contributed by atoms with E-state index >= 15 is 0 Å². The molecule has 0 aliphatic heterocycles. The molecule has 0 aliphatic carbocycles. The van der Waals surface area contributed by atoms with Crippen LogP contribution in [-0.2, 0) is 4.74 Å². The predicted octanol–water partition coefficient (Wildman–Crippen LogP) is 2.11. The molecule has 88 valence electrons. The lowest BCUT2D eigenvalue weighted by Crippen LogP contribution is -2.18. The van der Waals surface area contributed by atoms with E-state index in [0.29, 0.717) is 12.4 Å². The minimum atomic E-state index is -0.954. The summed E-state index contributed by atoms with van der Waals surface area (Å²) >= 11 is 0. The maximum Gasteiger partial charge on any atom is 0.335 e. The fraction of sp³-hybridized carbons (Fsp3) is 0.417. The monoisotopic (exact) mass is 224 g/mol. The number of carboxylic acid groups (broad SMARTS) is 1. The van der Waals surface area contributed by atoms with Gasteiger partial charge in [0.15, 0.2) is 0 Å². The van der Waals surface area contributed by atoms with Crippen LogP contribution in [0.1, 0.15) is 22.8 Å². The Morgan fingerprint density at radius 3 is 2.75 bits per heavy atom. The van der Waals surface area contributed by atoms with E-state index in [0.717, 1.165) is 5.56 Å². The molecule has 0 aliphatic rings. The lowest BCUT2D eigenvalue weighted by Gasteiger charge is -2.15. The second-order valence-corrected chi connectivity index (χ2v) is 3.67. The van der Waals surface area contributed by atoms with Gasteiger partial charge in [-0.05, 0) is 31.5 Å². The number of benzene rings is 1. The summed E-state index contributed by atoms with van der Waals surface area (Å²) in [6.07, 6.45) is -0.104. The maximum absolute atomic E-state index is 10.8. The Labute approximate surface area is 94.8 Å². The molecule has 0 aromatic heterocycles. The highest BCUT2D eigenvalue weighted by atomic mass is 16.5. The Kier molecular flexibility index (Phi) is 4.31. The van der Waals surface area contributed by atoms with Crippen molar-refractivity contribution < 1.29 is 19.4 Å². The molecule has 1 rings (SSSR count). The highest BCUT2D eigenvalue weighted by molar-refractivity contribution is 5.88. The smallest absolute Gasteiger partial charge is 0.335 e. The molecule has 1 N–H and O–H groups in total. The summed E-state index contributed by atoms with van der Waals surface area (Å²) in [5.74, 6) is -0.367. The van der Waals surface area contributed by atoms with Crippen LogP contribution in [0, 0.1) is 6.92 Å². The zero-order valence-electron chi connectivity index (χ0n) is 9.69. The molecule has 4 nitrogen and oxygen atoms in total.